The van der Waals surface area contributed by atoms with Crippen molar-refractivity contribution in [3.63, 3.8) is 0 Å². The van der Waals surface area contributed by atoms with Crippen LogP contribution in [-0.2, 0) is 0 Å². The summed E-state index contributed by atoms with van der Waals surface area (Å²) >= 11 is 5.43. The summed E-state index contributed by atoms with van der Waals surface area (Å²) in [5.41, 5.74) is 7.47. The Balaban J connectivity index is 2.88. The molecular weight excluding hydrogens is 270 g/mol. The van der Waals surface area contributed by atoms with Crippen LogP contribution in [0.3, 0.4) is 0 Å². The van der Waals surface area contributed by atoms with E-state index in [2.05, 4.69) is 54.0 Å². The van der Waals surface area contributed by atoms with E-state index in [0.29, 0.717) is 5.25 Å². The topological polar surface area (TPSA) is 26.0 Å². The van der Waals surface area contributed by atoms with E-state index in [9.17, 15) is 0 Å². The van der Waals surface area contributed by atoms with Gasteiger partial charge in [0.05, 0.1) is 0 Å². The predicted octanol–water partition coefficient (Wildman–Crippen LogP) is 3.98. The molecule has 1 aromatic carbocycles. The van der Waals surface area contributed by atoms with Gasteiger partial charge in [0.25, 0.3) is 0 Å². The summed E-state index contributed by atoms with van der Waals surface area (Å²) < 4.78 is 1.13. The molecule has 2 unspecified atom stereocenters. The van der Waals surface area contributed by atoms with E-state index in [1.807, 2.05) is 11.8 Å². The van der Waals surface area contributed by atoms with Gasteiger partial charge in [-0.05, 0) is 29.9 Å². The third-order valence-electron chi connectivity index (χ3n) is 2.38. The lowest BCUT2D eigenvalue weighted by atomic mass is 10.0. The number of rotatable bonds is 5. The first-order chi connectivity index (χ1) is 7.19. The van der Waals surface area contributed by atoms with Crippen LogP contribution in [0.1, 0.15) is 31.1 Å². The lowest BCUT2D eigenvalue weighted by molar-refractivity contribution is 0.634. The summed E-state index contributed by atoms with van der Waals surface area (Å²) in [7, 11) is 0. The molecule has 1 aromatic rings. The van der Waals surface area contributed by atoms with Crippen molar-refractivity contribution in [2.75, 3.05) is 5.75 Å². The molecule has 1 rings (SSSR count). The molecular formula is C12H18BrNS. The molecule has 0 saturated carbocycles. The molecule has 2 N–H and O–H groups in total. The molecule has 84 valence electrons. The monoisotopic (exact) mass is 287 g/mol. The highest BCUT2D eigenvalue weighted by molar-refractivity contribution is 9.10. The number of hydrogen-bond donors (Lipinski definition) is 1. The van der Waals surface area contributed by atoms with Crippen LogP contribution in [0.25, 0.3) is 0 Å². The van der Waals surface area contributed by atoms with Crippen molar-refractivity contribution in [2.24, 2.45) is 5.73 Å². The number of thioether (sulfide) groups is 1. The normalized spacial score (nSPS) is 14.9. The number of halogens is 1. The molecule has 2 atom stereocenters. The Labute approximate surface area is 105 Å². The minimum atomic E-state index is 0.240. The predicted molar refractivity (Wildman–Crippen MR) is 73.3 cm³/mol. The molecule has 0 aliphatic rings. The second-order valence-electron chi connectivity index (χ2n) is 3.50. The average molecular weight is 288 g/mol. The van der Waals surface area contributed by atoms with Gasteiger partial charge in [0.15, 0.2) is 0 Å². The Hall–Kier alpha value is 0.01000. The van der Waals surface area contributed by atoms with Gasteiger partial charge in [-0.1, -0.05) is 41.9 Å². The summed E-state index contributed by atoms with van der Waals surface area (Å²) in [5.74, 6) is 1.10. The number of hydrogen-bond acceptors (Lipinski definition) is 2. The van der Waals surface area contributed by atoms with Gasteiger partial charge in [0.2, 0.25) is 0 Å². The summed E-state index contributed by atoms with van der Waals surface area (Å²) in [4.78, 5) is 0. The van der Waals surface area contributed by atoms with Crippen molar-refractivity contribution < 1.29 is 0 Å². The smallest absolute Gasteiger partial charge is 0.0448 e. The van der Waals surface area contributed by atoms with Gasteiger partial charge < -0.3 is 5.73 Å². The molecule has 0 aliphatic carbocycles. The van der Waals surface area contributed by atoms with Gasteiger partial charge in [-0.25, -0.2) is 0 Å². The van der Waals surface area contributed by atoms with Crippen molar-refractivity contribution in [2.45, 2.75) is 31.6 Å². The molecule has 0 bridgehead atoms. The Morgan fingerprint density at radius 3 is 2.67 bits per heavy atom. The molecule has 0 aliphatic heterocycles. The van der Waals surface area contributed by atoms with Crippen molar-refractivity contribution >= 4 is 27.7 Å². The number of benzene rings is 1. The highest BCUT2D eigenvalue weighted by atomic mass is 79.9. The molecule has 0 aromatic heterocycles. The Kier molecular flexibility index (Phi) is 5.72. The summed E-state index contributed by atoms with van der Waals surface area (Å²) in [6, 6.07) is 8.69. The van der Waals surface area contributed by atoms with E-state index >= 15 is 0 Å². The molecule has 0 amide bonds. The first kappa shape index (κ1) is 13.1. The van der Waals surface area contributed by atoms with Crippen LogP contribution >= 0.6 is 27.7 Å². The highest BCUT2D eigenvalue weighted by Crippen LogP contribution is 2.33. The van der Waals surface area contributed by atoms with Gasteiger partial charge in [-0.2, -0.15) is 11.8 Å². The maximum absolute atomic E-state index is 6.15. The summed E-state index contributed by atoms with van der Waals surface area (Å²) in [6.45, 7) is 4.32. The second-order valence-corrected chi connectivity index (χ2v) is 5.84. The summed E-state index contributed by atoms with van der Waals surface area (Å²) in [6.07, 6.45) is 1.02. The molecule has 1 nitrogen and oxygen atoms in total. The molecule has 0 spiro atoms. The minimum absolute atomic E-state index is 0.240. The zero-order chi connectivity index (χ0) is 11.3. The van der Waals surface area contributed by atoms with Gasteiger partial charge in [0, 0.05) is 15.8 Å². The fraction of sp³-hybridized carbons (Fsp3) is 0.500. The largest absolute Gasteiger partial charge is 0.326 e. The van der Waals surface area contributed by atoms with E-state index in [-0.39, 0.29) is 6.04 Å². The Morgan fingerprint density at radius 1 is 1.40 bits per heavy atom. The Morgan fingerprint density at radius 2 is 2.13 bits per heavy atom. The molecule has 0 heterocycles. The molecule has 0 fully saturated rings. The highest BCUT2D eigenvalue weighted by Gasteiger charge is 2.18. The number of nitrogens with two attached hydrogens (primary N) is 1. The molecule has 3 heteroatoms. The van der Waals surface area contributed by atoms with Crippen LogP contribution in [0, 0.1) is 0 Å². The van der Waals surface area contributed by atoms with Crippen molar-refractivity contribution in [3.8, 4) is 0 Å². The van der Waals surface area contributed by atoms with E-state index < -0.39 is 0 Å². The van der Waals surface area contributed by atoms with Crippen LogP contribution in [0.5, 0.6) is 0 Å². The molecule has 15 heavy (non-hydrogen) atoms. The zero-order valence-corrected chi connectivity index (χ0v) is 11.6. The summed E-state index contributed by atoms with van der Waals surface area (Å²) in [5, 5.41) is 0.414. The average Bonchev–Trinajstić information content (AvgIpc) is 2.25. The van der Waals surface area contributed by atoms with E-state index in [1.165, 1.54) is 5.56 Å². The van der Waals surface area contributed by atoms with Crippen LogP contribution in [0.4, 0.5) is 0 Å². The van der Waals surface area contributed by atoms with Gasteiger partial charge in [-0.15, -0.1) is 0 Å². The first-order valence-electron chi connectivity index (χ1n) is 5.31. The van der Waals surface area contributed by atoms with Crippen molar-refractivity contribution in [3.05, 3.63) is 34.3 Å². The van der Waals surface area contributed by atoms with E-state index in [0.717, 1.165) is 16.6 Å². The maximum atomic E-state index is 6.15. The van der Waals surface area contributed by atoms with Gasteiger partial charge in [0.1, 0.15) is 0 Å². The van der Waals surface area contributed by atoms with E-state index in [1.54, 1.807) is 0 Å². The standard InChI is InChI=1S/C12H18BrNS/c1-3-11(14)12(15-4-2)9-6-5-7-10(13)8-9/h5-8,11-12H,3-4,14H2,1-2H3. The third kappa shape index (κ3) is 3.82. The van der Waals surface area contributed by atoms with Crippen LogP contribution in [-0.4, -0.2) is 11.8 Å². The van der Waals surface area contributed by atoms with Crippen LogP contribution < -0.4 is 5.73 Å². The minimum Gasteiger partial charge on any atom is -0.326 e. The third-order valence-corrected chi connectivity index (χ3v) is 4.19. The van der Waals surface area contributed by atoms with Crippen molar-refractivity contribution in [1.29, 1.82) is 0 Å². The fourth-order valence-electron chi connectivity index (χ4n) is 1.54. The second kappa shape index (κ2) is 6.56. The van der Waals surface area contributed by atoms with Crippen molar-refractivity contribution in [1.82, 2.24) is 0 Å². The Bertz CT molecular complexity index is 303. The SMILES string of the molecule is CCSC(c1cccc(Br)c1)C(N)CC. The van der Waals surface area contributed by atoms with E-state index in [4.69, 9.17) is 5.73 Å². The van der Waals surface area contributed by atoms with Crippen LogP contribution in [0.15, 0.2) is 28.7 Å². The lowest BCUT2D eigenvalue weighted by Crippen LogP contribution is -2.25. The molecule has 0 saturated heterocycles. The lowest BCUT2D eigenvalue weighted by Gasteiger charge is -2.22. The fourth-order valence-corrected chi connectivity index (χ4v) is 3.10. The molecule has 0 radical (unpaired) electrons. The first-order valence-corrected chi connectivity index (χ1v) is 7.15. The quantitative estimate of drug-likeness (QED) is 0.887. The van der Waals surface area contributed by atoms with Gasteiger partial charge in [-0.3, -0.25) is 0 Å². The maximum Gasteiger partial charge on any atom is 0.0448 e. The van der Waals surface area contributed by atoms with Gasteiger partial charge >= 0.3 is 0 Å². The zero-order valence-electron chi connectivity index (χ0n) is 9.24. The van der Waals surface area contributed by atoms with Crippen LogP contribution in [0.2, 0.25) is 0 Å².